The van der Waals surface area contributed by atoms with Crippen molar-refractivity contribution in [2.75, 3.05) is 0 Å². The molecule has 0 atom stereocenters. The summed E-state index contributed by atoms with van der Waals surface area (Å²) < 4.78 is 0. The molecule has 76 valence electrons. The molecule has 1 aliphatic rings. The normalized spacial score (nSPS) is 14.7. The molecule has 0 saturated carbocycles. The molecule has 0 aliphatic carbocycles. The van der Waals surface area contributed by atoms with Gasteiger partial charge in [0, 0.05) is 17.6 Å². The highest BCUT2D eigenvalue weighted by atomic mass is 16.1. The van der Waals surface area contributed by atoms with E-state index in [0.29, 0.717) is 17.8 Å². The van der Waals surface area contributed by atoms with Crippen LogP contribution in [0.5, 0.6) is 0 Å². The zero-order chi connectivity index (χ0) is 10.8. The summed E-state index contributed by atoms with van der Waals surface area (Å²) in [6, 6.07) is 5.91. The Morgan fingerprint density at radius 2 is 2.27 bits per heavy atom. The Kier molecular flexibility index (Phi) is 2.37. The number of hydrogen-bond acceptors (Lipinski definition) is 3. The Balaban J connectivity index is 2.61. The molecular formula is C12H12N2O. The number of carbonyl (C=O) groups excluding carboxylic acids is 1. The molecule has 0 radical (unpaired) electrons. The van der Waals surface area contributed by atoms with Gasteiger partial charge in [-0.3, -0.25) is 4.79 Å². The first-order valence-corrected chi connectivity index (χ1v) is 4.78. The molecule has 0 aromatic heterocycles. The average Bonchev–Trinajstić information content (AvgIpc) is 2.35. The Morgan fingerprint density at radius 3 is 3.00 bits per heavy atom. The van der Waals surface area contributed by atoms with Gasteiger partial charge < -0.3 is 5.73 Å². The van der Waals surface area contributed by atoms with Crippen molar-refractivity contribution in [1.29, 1.82) is 0 Å². The minimum Gasteiger partial charge on any atom is -0.387 e. The first-order chi connectivity index (χ1) is 7.19. The molecule has 1 heterocycles. The number of carbonyl (C=O) groups is 1. The fourth-order valence-electron chi connectivity index (χ4n) is 1.60. The number of amidine groups is 1. The Bertz CT molecular complexity index is 473. The van der Waals surface area contributed by atoms with Crippen LogP contribution >= 0.6 is 0 Å². The third kappa shape index (κ3) is 1.96. The number of aryl methyl sites for hydroxylation is 1. The second-order valence-corrected chi connectivity index (χ2v) is 3.68. The molecule has 0 spiro atoms. The van der Waals surface area contributed by atoms with E-state index < -0.39 is 0 Å². The first-order valence-electron chi connectivity index (χ1n) is 4.78. The standard InChI is InChI=1S/C12H12N2O/c1-8-2-3-10-5-9(7-15)6-12(13)14-11(10)4-8/h2-5,7H,6H2,1H3,(H2,13,14). The molecule has 2 rings (SSSR count). The van der Waals surface area contributed by atoms with E-state index in [9.17, 15) is 4.79 Å². The van der Waals surface area contributed by atoms with Crippen molar-refractivity contribution in [3.8, 4) is 0 Å². The maximum Gasteiger partial charge on any atom is 0.146 e. The zero-order valence-corrected chi connectivity index (χ0v) is 8.53. The molecule has 2 N–H and O–H groups in total. The van der Waals surface area contributed by atoms with E-state index in [1.807, 2.05) is 31.2 Å². The van der Waals surface area contributed by atoms with Gasteiger partial charge in [0.05, 0.1) is 5.69 Å². The summed E-state index contributed by atoms with van der Waals surface area (Å²) in [5, 5.41) is 0. The summed E-state index contributed by atoms with van der Waals surface area (Å²) >= 11 is 0. The number of nitrogens with zero attached hydrogens (tertiary/aromatic N) is 1. The summed E-state index contributed by atoms with van der Waals surface area (Å²) in [7, 11) is 0. The number of benzene rings is 1. The van der Waals surface area contributed by atoms with Crippen LogP contribution in [0.2, 0.25) is 0 Å². The highest BCUT2D eigenvalue weighted by molar-refractivity contribution is 5.97. The lowest BCUT2D eigenvalue weighted by Crippen LogP contribution is -2.11. The summed E-state index contributed by atoms with van der Waals surface area (Å²) in [4.78, 5) is 15.0. The maximum atomic E-state index is 10.8. The molecule has 0 amide bonds. The fraction of sp³-hybridized carbons (Fsp3) is 0.167. The Hall–Kier alpha value is -1.90. The minimum absolute atomic E-state index is 0.428. The fourth-order valence-corrected chi connectivity index (χ4v) is 1.60. The number of hydrogen-bond donors (Lipinski definition) is 1. The van der Waals surface area contributed by atoms with Gasteiger partial charge >= 0.3 is 0 Å². The van der Waals surface area contributed by atoms with Gasteiger partial charge in [-0.1, -0.05) is 12.1 Å². The Labute approximate surface area is 88.3 Å². The molecule has 0 bridgehead atoms. The third-order valence-electron chi connectivity index (χ3n) is 2.33. The topological polar surface area (TPSA) is 55.4 Å². The highest BCUT2D eigenvalue weighted by Crippen LogP contribution is 2.26. The van der Waals surface area contributed by atoms with E-state index in [1.165, 1.54) is 0 Å². The highest BCUT2D eigenvalue weighted by Gasteiger charge is 2.08. The van der Waals surface area contributed by atoms with Gasteiger partial charge in [0.25, 0.3) is 0 Å². The molecule has 1 aromatic rings. The van der Waals surface area contributed by atoms with Crippen molar-refractivity contribution in [3.05, 3.63) is 34.9 Å². The van der Waals surface area contributed by atoms with Gasteiger partial charge in [-0.2, -0.15) is 0 Å². The van der Waals surface area contributed by atoms with E-state index in [2.05, 4.69) is 4.99 Å². The van der Waals surface area contributed by atoms with Crippen LogP contribution in [0.3, 0.4) is 0 Å². The van der Waals surface area contributed by atoms with Crippen LogP contribution < -0.4 is 5.73 Å². The van der Waals surface area contributed by atoms with Crippen molar-refractivity contribution in [3.63, 3.8) is 0 Å². The van der Waals surface area contributed by atoms with Crippen molar-refractivity contribution < 1.29 is 4.79 Å². The second-order valence-electron chi connectivity index (χ2n) is 3.68. The molecule has 0 fully saturated rings. The Morgan fingerprint density at radius 1 is 1.47 bits per heavy atom. The quantitative estimate of drug-likeness (QED) is 0.704. The van der Waals surface area contributed by atoms with Gasteiger partial charge in [0.2, 0.25) is 0 Å². The van der Waals surface area contributed by atoms with E-state index >= 15 is 0 Å². The SMILES string of the molecule is Cc1ccc2c(c1)N=C(N)CC(C=O)=C2. The maximum absolute atomic E-state index is 10.8. The third-order valence-corrected chi connectivity index (χ3v) is 2.33. The summed E-state index contributed by atoms with van der Waals surface area (Å²) in [5.41, 5.74) is 9.30. The molecular weight excluding hydrogens is 188 g/mol. The molecule has 3 heteroatoms. The average molecular weight is 200 g/mol. The molecule has 1 aromatic carbocycles. The van der Waals surface area contributed by atoms with E-state index in [4.69, 9.17) is 5.73 Å². The zero-order valence-electron chi connectivity index (χ0n) is 8.53. The number of rotatable bonds is 1. The van der Waals surface area contributed by atoms with E-state index in [1.54, 1.807) is 0 Å². The lowest BCUT2D eigenvalue weighted by Gasteiger charge is -2.00. The van der Waals surface area contributed by atoms with Crippen LogP contribution in [0.1, 0.15) is 17.5 Å². The van der Waals surface area contributed by atoms with Crippen LogP contribution in [0.15, 0.2) is 28.8 Å². The largest absolute Gasteiger partial charge is 0.387 e. The van der Waals surface area contributed by atoms with Gasteiger partial charge in [-0.15, -0.1) is 0 Å². The van der Waals surface area contributed by atoms with Crippen molar-refractivity contribution in [1.82, 2.24) is 0 Å². The van der Waals surface area contributed by atoms with E-state index in [-0.39, 0.29) is 0 Å². The molecule has 0 saturated heterocycles. The predicted octanol–water partition coefficient (Wildman–Crippen LogP) is 1.97. The first kappa shape index (κ1) is 9.65. The predicted molar refractivity (Wildman–Crippen MR) is 61.1 cm³/mol. The lowest BCUT2D eigenvalue weighted by molar-refractivity contribution is -0.104. The van der Waals surface area contributed by atoms with Crippen molar-refractivity contribution in [2.24, 2.45) is 10.7 Å². The van der Waals surface area contributed by atoms with Crippen LogP contribution in [0.4, 0.5) is 5.69 Å². The lowest BCUT2D eigenvalue weighted by atomic mass is 10.1. The van der Waals surface area contributed by atoms with Gasteiger partial charge in [0.1, 0.15) is 12.1 Å². The molecule has 15 heavy (non-hydrogen) atoms. The molecule has 1 aliphatic heterocycles. The number of fused-ring (bicyclic) bond motifs is 1. The summed E-state index contributed by atoms with van der Waals surface area (Å²) in [6.45, 7) is 2.00. The van der Waals surface area contributed by atoms with Crippen LogP contribution in [0.25, 0.3) is 6.08 Å². The molecule has 0 unspecified atom stereocenters. The van der Waals surface area contributed by atoms with Gasteiger partial charge in [0.15, 0.2) is 0 Å². The van der Waals surface area contributed by atoms with Crippen LogP contribution in [-0.4, -0.2) is 12.1 Å². The minimum atomic E-state index is 0.428. The number of aldehydes is 1. The number of nitrogens with two attached hydrogens (primary N) is 1. The van der Waals surface area contributed by atoms with Crippen molar-refractivity contribution in [2.45, 2.75) is 13.3 Å². The van der Waals surface area contributed by atoms with Gasteiger partial charge in [-0.05, 0) is 24.6 Å². The summed E-state index contributed by atoms with van der Waals surface area (Å²) in [5.74, 6) is 0.484. The van der Waals surface area contributed by atoms with Crippen LogP contribution in [0, 0.1) is 6.92 Å². The van der Waals surface area contributed by atoms with Crippen LogP contribution in [-0.2, 0) is 4.79 Å². The summed E-state index contributed by atoms with van der Waals surface area (Å²) in [6.07, 6.45) is 3.10. The van der Waals surface area contributed by atoms with Gasteiger partial charge in [-0.25, -0.2) is 4.99 Å². The second kappa shape index (κ2) is 3.69. The smallest absolute Gasteiger partial charge is 0.146 e. The van der Waals surface area contributed by atoms with E-state index in [0.717, 1.165) is 23.1 Å². The monoisotopic (exact) mass is 200 g/mol. The van der Waals surface area contributed by atoms with Crippen molar-refractivity contribution >= 4 is 23.9 Å². The number of aliphatic imine (C=N–C) groups is 1. The molecule has 3 nitrogen and oxygen atoms in total.